The molecule has 0 amide bonds. The van der Waals surface area contributed by atoms with Crippen LogP contribution in [0.3, 0.4) is 0 Å². The zero-order valence-corrected chi connectivity index (χ0v) is 17.3. The Morgan fingerprint density at radius 3 is 2.79 bits per heavy atom. The number of Topliss-reactive ketones (excluding diaryl/α,β-unsaturated/α-hetero) is 1. The number of aryl methyl sites for hydroxylation is 1. The van der Waals surface area contributed by atoms with Crippen molar-refractivity contribution in [2.24, 2.45) is 11.8 Å². The van der Waals surface area contributed by atoms with E-state index in [4.69, 9.17) is 4.98 Å². The summed E-state index contributed by atoms with van der Waals surface area (Å²) in [5.41, 5.74) is 4.66. The van der Waals surface area contributed by atoms with E-state index in [1.54, 1.807) is 13.1 Å². The molecular formula is C25H32N2O. The zero-order chi connectivity index (χ0) is 19.5. The molecule has 0 radical (unpaired) electrons. The van der Waals surface area contributed by atoms with Crippen molar-refractivity contribution in [2.45, 2.75) is 77.6 Å². The summed E-state index contributed by atoms with van der Waals surface area (Å²) < 4.78 is 0. The molecular weight excluding hydrogens is 344 g/mol. The fourth-order valence-corrected chi connectivity index (χ4v) is 5.31. The molecule has 0 saturated heterocycles. The van der Waals surface area contributed by atoms with Gasteiger partial charge in [0.25, 0.3) is 0 Å². The number of benzene rings is 1. The van der Waals surface area contributed by atoms with Crippen molar-refractivity contribution in [1.82, 2.24) is 9.97 Å². The number of nitrogens with zero attached hydrogens (tertiary/aromatic N) is 2. The minimum Gasteiger partial charge on any atom is -0.294 e. The zero-order valence-electron chi connectivity index (χ0n) is 17.3. The Bertz CT molecular complexity index is 844. The molecule has 0 unspecified atom stereocenters. The van der Waals surface area contributed by atoms with Gasteiger partial charge in [-0.15, -0.1) is 0 Å². The molecule has 148 valence electrons. The van der Waals surface area contributed by atoms with Crippen molar-refractivity contribution in [1.29, 1.82) is 0 Å². The number of hydrogen-bond acceptors (Lipinski definition) is 3. The van der Waals surface area contributed by atoms with E-state index in [0.717, 1.165) is 35.8 Å². The second-order valence-electron chi connectivity index (χ2n) is 9.04. The first kappa shape index (κ1) is 19.3. The molecule has 28 heavy (non-hydrogen) atoms. The molecule has 0 bridgehead atoms. The minimum atomic E-state index is 0.0911. The second-order valence-corrected chi connectivity index (χ2v) is 9.04. The second kappa shape index (κ2) is 8.55. The van der Waals surface area contributed by atoms with Crippen LogP contribution in [0.1, 0.15) is 91.3 Å². The molecule has 0 aliphatic heterocycles. The van der Waals surface area contributed by atoms with Crippen LogP contribution >= 0.6 is 0 Å². The highest BCUT2D eigenvalue weighted by Gasteiger charge is 2.24. The highest BCUT2D eigenvalue weighted by Crippen LogP contribution is 2.34. The van der Waals surface area contributed by atoms with E-state index in [0.29, 0.717) is 11.8 Å². The monoisotopic (exact) mass is 376 g/mol. The fraction of sp³-hybridized carbons (Fsp3) is 0.560. The average Bonchev–Trinajstić information content (AvgIpc) is 2.68. The van der Waals surface area contributed by atoms with Crippen molar-refractivity contribution in [3.63, 3.8) is 0 Å². The largest absolute Gasteiger partial charge is 0.294 e. The minimum absolute atomic E-state index is 0.0911. The summed E-state index contributed by atoms with van der Waals surface area (Å²) in [4.78, 5) is 21.7. The van der Waals surface area contributed by atoms with Crippen LogP contribution in [0.4, 0.5) is 0 Å². The van der Waals surface area contributed by atoms with Gasteiger partial charge in [0.05, 0.1) is 11.3 Å². The van der Waals surface area contributed by atoms with Crippen LogP contribution in [0.2, 0.25) is 0 Å². The number of aromatic nitrogens is 2. The van der Waals surface area contributed by atoms with Crippen LogP contribution in [-0.2, 0) is 19.3 Å². The molecule has 1 aromatic carbocycles. The highest BCUT2D eigenvalue weighted by molar-refractivity contribution is 5.94. The quantitative estimate of drug-likeness (QED) is 0.628. The third-order valence-corrected chi connectivity index (χ3v) is 6.75. The van der Waals surface area contributed by atoms with E-state index >= 15 is 0 Å². The van der Waals surface area contributed by atoms with Crippen molar-refractivity contribution >= 4 is 5.78 Å². The summed E-state index contributed by atoms with van der Waals surface area (Å²) in [7, 11) is 0. The molecule has 2 aromatic rings. The molecule has 2 aliphatic rings. The van der Waals surface area contributed by atoms with Crippen LogP contribution in [0, 0.1) is 11.8 Å². The number of carbonyl (C=O) groups is 1. The molecule has 2 aliphatic carbocycles. The van der Waals surface area contributed by atoms with E-state index in [-0.39, 0.29) is 5.78 Å². The maximum atomic E-state index is 12.2. The first-order valence-electron chi connectivity index (χ1n) is 11.0. The summed E-state index contributed by atoms with van der Waals surface area (Å²) in [5.74, 6) is 2.94. The first-order chi connectivity index (χ1) is 13.6. The number of rotatable bonds is 5. The maximum absolute atomic E-state index is 12.2. The van der Waals surface area contributed by atoms with Crippen LogP contribution in [-0.4, -0.2) is 15.8 Å². The van der Waals surface area contributed by atoms with Gasteiger partial charge in [0.1, 0.15) is 5.82 Å². The molecule has 0 spiro atoms. The van der Waals surface area contributed by atoms with Crippen molar-refractivity contribution in [3.05, 3.63) is 58.7 Å². The van der Waals surface area contributed by atoms with Crippen LogP contribution in [0.5, 0.6) is 0 Å². The van der Waals surface area contributed by atoms with Gasteiger partial charge in [-0.1, -0.05) is 50.5 Å². The maximum Gasteiger partial charge on any atom is 0.163 e. The molecule has 3 heteroatoms. The number of fused-ring (bicyclic) bond motifs is 1. The van der Waals surface area contributed by atoms with Crippen molar-refractivity contribution in [2.75, 3.05) is 0 Å². The molecule has 3 atom stereocenters. The molecule has 1 heterocycles. The Morgan fingerprint density at radius 1 is 1.11 bits per heavy atom. The Hall–Kier alpha value is -2.03. The topological polar surface area (TPSA) is 42.9 Å². The lowest BCUT2D eigenvalue weighted by Crippen LogP contribution is -2.19. The lowest BCUT2D eigenvalue weighted by Gasteiger charge is -2.27. The van der Waals surface area contributed by atoms with Gasteiger partial charge in [0, 0.05) is 12.6 Å². The molecule has 1 saturated carbocycles. The number of hydrogen-bond donors (Lipinski definition) is 0. The Balaban J connectivity index is 1.56. The van der Waals surface area contributed by atoms with Gasteiger partial charge in [-0.3, -0.25) is 4.79 Å². The average molecular weight is 377 g/mol. The normalized spacial score (nSPS) is 24.6. The smallest absolute Gasteiger partial charge is 0.163 e. The van der Waals surface area contributed by atoms with Crippen LogP contribution < -0.4 is 0 Å². The van der Waals surface area contributed by atoms with Crippen molar-refractivity contribution < 1.29 is 4.79 Å². The number of ketones is 1. The van der Waals surface area contributed by atoms with E-state index < -0.39 is 0 Å². The van der Waals surface area contributed by atoms with Gasteiger partial charge in [0.15, 0.2) is 5.78 Å². The number of carbonyl (C=O) groups excluding carboxylic acids is 1. The van der Waals surface area contributed by atoms with Gasteiger partial charge in [-0.05, 0) is 67.9 Å². The first-order valence-corrected chi connectivity index (χ1v) is 11.0. The summed E-state index contributed by atoms with van der Waals surface area (Å²) in [6.45, 7) is 3.99. The van der Waals surface area contributed by atoms with Gasteiger partial charge < -0.3 is 0 Å². The Labute approximate surface area is 169 Å². The summed E-state index contributed by atoms with van der Waals surface area (Å²) in [6.07, 6.45) is 12.4. The van der Waals surface area contributed by atoms with E-state index in [1.807, 2.05) is 0 Å². The lowest BCUT2D eigenvalue weighted by molar-refractivity contribution is 0.101. The molecule has 4 rings (SSSR count). The third kappa shape index (κ3) is 4.34. The van der Waals surface area contributed by atoms with Crippen LogP contribution in [0.15, 0.2) is 30.5 Å². The van der Waals surface area contributed by atoms with E-state index in [9.17, 15) is 4.79 Å². The Morgan fingerprint density at radius 2 is 1.96 bits per heavy atom. The van der Waals surface area contributed by atoms with E-state index in [2.05, 4.69) is 36.2 Å². The summed E-state index contributed by atoms with van der Waals surface area (Å²) >= 11 is 0. The van der Waals surface area contributed by atoms with E-state index in [1.165, 1.54) is 56.1 Å². The summed E-state index contributed by atoms with van der Waals surface area (Å²) in [6, 6.07) is 8.82. The predicted octanol–water partition coefficient (Wildman–Crippen LogP) is 5.71. The molecule has 3 nitrogen and oxygen atoms in total. The lowest BCUT2D eigenvalue weighted by atomic mass is 9.79. The fourth-order valence-electron chi connectivity index (χ4n) is 5.31. The molecule has 0 N–H and O–H groups in total. The summed E-state index contributed by atoms with van der Waals surface area (Å²) in [5, 5.41) is 0. The van der Waals surface area contributed by atoms with Gasteiger partial charge in [0.2, 0.25) is 0 Å². The molecule has 1 fully saturated rings. The van der Waals surface area contributed by atoms with Gasteiger partial charge >= 0.3 is 0 Å². The molecule has 1 aromatic heterocycles. The van der Waals surface area contributed by atoms with Gasteiger partial charge in [-0.25, -0.2) is 9.97 Å². The van der Waals surface area contributed by atoms with Gasteiger partial charge in [-0.2, -0.15) is 0 Å². The predicted molar refractivity (Wildman–Crippen MR) is 113 cm³/mol. The standard InChI is InChI=1S/C25H32N2O/c1-17-7-5-8-19(13-17)14-24-23(18(2)28)16-26-25(27-24)15-21-11-6-10-20-9-3-4-12-22(20)21/h3-4,9,12,16-17,19,21H,5-8,10-11,13-15H2,1-2H3/t17-,19+,21-/m0/s1. The van der Waals surface area contributed by atoms with Crippen molar-refractivity contribution in [3.8, 4) is 0 Å². The third-order valence-electron chi connectivity index (χ3n) is 6.75. The highest BCUT2D eigenvalue weighted by atomic mass is 16.1. The SMILES string of the molecule is CC(=O)c1cnc(C[C@@H]2CCCc3ccccc32)nc1C[C@@H]1CCC[C@H](C)C1. The van der Waals surface area contributed by atoms with Crippen LogP contribution in [0.25, 0.3) is 0 Å². The Kier molecular flexibility index (Phi) is 5.89.